The Morgan fingerprint density at radius 1 is 1.03 bits per heavy atom. The van der Waals surface area contributed by atoms with Crippen LogP contribution >= 0.6 is 0 Å². The third-order valence-electron chi connectivity index (χ3n) is 7.22. The number of carbonyl (C=O) groups excluding carboxylic acids is 4. The van der Waals surface area contributed by atoms with Crippen LogP contribution in [0.5, 0.6) is 0 Å². The Kier molecular flexibility index (Phi) is 4.71. The van der Waals surface area contributed by atoms with Crippen LogP contribution in [0.3, 0.4) is 0 Å². The Morgan fingerprint density at radius 3 is 2.47 bits per heavy atom. The summed E-state index contributed by atoms with van der Waals surface area (Å²) in [6, 6.07) is 5.00. The zero-order valence-corrected chi connectivity index (χ0v) is 16.7. The Hall–Kier alpha value is -2.58. The molecule has 2 bridgehead atoms. The number of nitrogens with zero attached hydrogens (tertiary/aromatic N) is 1. The van der Waals surface area contributed by atoms with E-state index in [4.69, 9.17) is 5.73 Å². The molecule has 2 aliphatic heterocycles. The van der Waals surface area contributed by atoms with Gasteiger partial charge in [0.2, 0.25) is 11.8 Å². The summed E-state index contributed by atoms with van der Waals surface area (Å²) >= 11 is 0. The van der Waals surface area contributed by atoms with Crippen molar-refractivity contribution in [2.24, 2.45) is 17.6 Å². The van der Waals surface area contributed by atoms with Crippen LogP contribution in [0.15, 0.2) is 18.2 Å². The first-order chi connectivity index (χ1) is 14.4. The van der Waals surface area contributed by atoms with E-state index >= 15 is 0 Å². The number of hydrogen-bond acceptors (Lipinski definition) is 6. The minimum atomic E-state index is -0.938. The number of hydrogen-bond donors (Lipinski definition) is 3. The first kappa shape index (κ1) is 19.4. The molecule has 1 aromatic carbocycles. The maximum atomic E-state index is 13.2. The number of fused-ring (bicyclic) bond motifs is 3. The van der Waals surface area contributed by atoms with Crippen LogP contribution in [-0.4, -0.2) is 46.7 Å². The molecule has 1 saturated heterocycles. The van der Waals surface area contributed by atoms with Gasteiger partial charge in [0.15, 0.2) is 0 Å². The SMILES string of the molecule is NC1CC2CCC(C1)C2NCc1cccc2c1C(=O)N(C1CCC(=O)NC1=O)C2=O. The zero-order chi connectivity index (χ0) is 21.0. The van der Waals surface area contributed by atoms with Gasteiger partial charge in [-0.05, 0) is 55.6 Å². The molecular weight excluding hydrogens is 384 g/mol. The van der Waals surface area contributed by atoms with Gasteiger partial charge < -0.3 is 11.1 Å². The number of benzene rings is 1. The summed E-state index contributed by atoms with van der Waals surface area (Å²) in [5.41, 5.74) is 7.65. The first-order valence-corrected chi connectivity index (χ1v) is 10.8. The van der Waals surface area contributed by atoms with Crippen molar-refractivity contribution in [3.63, 3.8) is 0 Å². The molecule has 4 aliphatic rings. The van der Waals surface area contributed by atoms with Crippen molar-refractivity contribution >= 4 is 23.6 Å². The highest BCUT2D eigenvalue weighted by Crippen LogP contribution is 2.42. The summed E-state index contributed by atoms with van der Waals surface area (Å²) in [7, 11) is 0. The van der Waals surface area contributed by atoms with Crippen LogP contribution in [0.4, 0.5) is 0 Å². The second-order valence-corrected chi connectivity index (χ2v) is 9.02. The van der Waals surface area contributed by atoms with Gasteiger partial charge in [-0.15, -0.1) is 0 Å². The lowest BCUT2D eigenvalue weighted by Gasteiger charge is -2.34. The van der Waals surface area contributed by atoms with Gasteiger partial charge in [0.05, 0.1) is 11.1 Å². The van der Waals surface area contributed by atoms with Gasteiger partial charge in [0.25, 0.3) is 11.8 Å². The normalized spacial score (nSPS) is 33.1. The molecule has 0 radical (unpaired) electrons. The lowest BCUT2D eigenvalue weighted by Crippen LogP contribution is -2.54. The second kappa shape index (κ2) is 7.28. The molecule has 3 unspecified atom stereocenters. The number of nitrogens with one attached hydrogen (secondary N) is 2. The predicted molar refractivity (Wildman–Crippen MR) is 107 cm³/mol. The lowest BCUT2D eigenvalue weighted by molar-refractivity contribution is -0.136. The number of imide groups is 2. The van der Waals surface area contributed by atoms with E-state index in [1.807, 2.05) is 6.07 Å². The number of amides is 4. The van der Waals surface area contributed by atoms with Crippen molar-refractivity contribution in [2.75, 3.05) is 0 Å². The van der Waals surface area contributed by atoms with Crippen LogP contribution in [0.1, 0.15) is 64.8 Å². The summed E-state index contributed by atoms with van der Waals surface area (Å²) < 4.78 is 0. The quantitative estimate of drug-likeness (QED) is 0.628. The Balaban J connectivity index is 1.36. The minimum Gasteiger partial charge on any atom is -0.328 e. The molecule has 0 aromatic heterocycles. The highest BCUT2D eigenvalue weighted by atomic mass is 16.2. The van der Waals surface area contributed by atoms with Crippen molar-refractivity contribution in [3.8, 4) is 0 Å². The fourth-order valence-corrected chi connectivity index (χ4v) is 5.87. The smallest absolute Gasteiger partial charge is 0.262 e. The van der Waals surface area contributed by atoms with Gasteiger partial charge in [-0.1, -0.05) is 12.1 Å². The summed E-state index contributed by atoms with van der Waals surface area (Å²) in [5.74, 6) is -0.749. The van der Waals surface area contributed by atoms with Crippen LogP contribution in [0, 0.1) is 11.8 Å². The zero-order valence-electron chi connectivity index (χ0n) is 16.7. The van der Waals surface area contributed by atoms with Crippen LogP contribution in [-0.2, 0) is 16.1 Å². The molecule has 2 heterocycles. The maximum absolute atomic E-state index is 13.2. The Labute approximate surface area is 174 Å². The molecule has 5 rings (SSSR count). The van der Waals surface area contributed by atoms with E-state index < -0.39 is 23.8 Å². The molecule has 4 N–H and O–H groups in total. The molecule has 30 heavy (non-hydrogen) atoms. The van der Waals surface area contributed by atoms with E-state index in [0.717, 1.165) is 23.3 Å². The Bertz CT molecular complexity index is 931. The molecule has 2 aliphatic carbocycles. The molecule has 2 saturated carbocycles. The lowest BCUT2D eigenvalue weighted by atomic mass is 9.81. The minimum absolute atomic E-state index is 0.116. The molecule has 8 nitrogen and oxygen atoms in total. The highest BCUT2D eigenvalue weighted by molar-refractivity contribution is 6.24. The third kappa shape index (κ3) is 3.06. The van der Waals surface area contributed by atoms with E-state index in [0.29, 0.717) is 35.5 Å². The van der Waals surface area contributed by atoms with E-state index in [1.165, 1.54) is 12.8 Å². The highest BCUT2D eigenvalue weighted by Gasteiger charge is 2.46. The summed E-state index contributed by atoms with van der Waals surface area (Å²) in [6.45, 7) is 0.498. The number of carbonyl (C=O) groups is 4. The molecular formula is C22H26N4O4. The molecule has 3 fully saturated rings. The number of rotatable bonds is 4. The topological polar surface area (TPSA) is 122 Å². The van der Waals surface area contributed by atoms with Gasteiger partial charge in [0, 0.05) is 25.0 Å². The van der Waals surface area contributed by atoms with Gasteiger partial charge >= 0.3 is 0 Å². The largest absolute Gasteiger partial charge is 0.328 e. The summed E-state index contributed by atoms with van der Waals surface area (Å²) in [5, 5.41) is 5.86. The number of piperidine rings is 1. The first-order valence-electron chi connectivity index (χ1n) is 10.8. The monoisotopic (exact) mass is 410 g/mol. The average molecular weight is 410 g/mol. The fourth-order valence-electron chi connectivity index (χ4n) is 5.87. The molecule has 158 valence electrons. The van der Waals surface area contributed by atoms with Gasteiger partial charge in [-0.2, -0.15) is 0 Å². The molecule has 0 spiro atoms. The molecule has 1 aromatic rings. The van der Waals surface area contributed by atoms with Gasteiger partial charge in [0.1, 0.15) is 6.04 Å². The molecule has 4 amide bonds. The van der Waals surface area contributed by atoms with E-state index in [2.05, 4.69) is 10.6 Å². The van der Waals surface area contributed by atoms with Crippen molar-refractivity contribution in [3.05, 3.63) is 34.9 Å². The summed E-state index contributed by atoms with van der Waals surface area (Å²) in [4.78, 5) is 50.9. The average Bonchev–Trinajstić information content (AvgIpc) is 3.11. The van der Waals surface area contributed by atoms with E-state index in [9.17, 15) is 19.2 Å². The maximum Gasteiger partial charge on any atom is 0.262 e. The number of nitrogens with two attached hydrogens (primary N) is 1. The van der Waals surface area contributed by atoms with Crippen molar-refractivity contribution in [1.29, 1.82) is 0 Å². The molecule has 8 heteroatoms. The van der Waals surface area contributed by atoms with Crippen LogP contribution in [0.2, 0.25) is 0 Å². The van der Waals surface area contributed by atoms with Gasteiger partial charge in [-0.25, -0.2) is 0 Å². The second-order valence-electron chi connectivity index (χ2n) is 9.02. The van der Waals surface area contributed by atoms with Crippen molar-refractivity contribution < 1.29 is 19.2 Å². The van der Waals surface area contributed by atoms with Crippen molar-refractivity contribution in [1.82, 2.24) is 15.5 Å². The van der Waals surface area contributed by atoms with Crippen molar-refractivity contribution in [2.45, 2.75) is 63.2 Å². The van der Waals surface area contributed by atoms with Crippen LogP contribution < -0.4 is 16.4 Å². The van der Waals surface area contributed by atoms with E-state index in [-0.39, 0.29) is 24.8 Å². The molecule has 3 atom stereocenters. The standard InChI is InChI=1S/C22H26N4O4/c23-14-8-11-4-5-12(9-14)19(11)24-10-13-2-1-3-15-18(13)22(30)26(21(15)29)16-6-7-17(27)25-20(16)28/h1-3,11-12,14,16,19,24H,4-10,23H2,(H,25,27,28). The third-order valence-corrected chi connectivity index (χ3v) is 7.22. The Morgan fingerprint density at radius 2 is 1.77 bits per heavy atom. The summed E-state index contributed by atoms with van der Waals surface area (Å²) in [6.07, 6.45) is 4.71. The van der Waals surface area contributed by atoms with Gasteiger partial charge in [-0.3, -0.25) is 29.4 Å². The fraction of sp³-hybridized carbons (Fsp3) is 0.545. The van der Waals surface area contributed by atoms with Crippen LogP contribution in [0.25, 0.3) is 0 Å². The van der Waals surface area contributed by atoms with E-state index in [1.54, 1.807) is 12.1 Å². The predicted octanol–water partition coefficient (Wildman–Crippen LogP) is 0.693.